The number of imide groups is 1. The molecule has 5 rings (SSSR count). The monoisotopic (exact) mass is 689 g/mol. The van der Waals surface area contributed by atoms with Crippen molar-refractivity contribution in [1.29, 1.82) is 0 Å². The molecule has 2 N–H and O–H groups in total. The van der Waals surface area contributed by atoms with Crippen LogP contribution in [-0.4, -0.2) is 43.9 Å². The maximum atomic E-state index is 14.9. The molecule has 0 aliphatic carbocycles. The molecule has 10 nitrogen and oxygen atoms in total. The zero-order valence-electron chi connectivity index (χ0n) is 25.4. The lowest BCUT2D eigenvalue weighted by atomic mass is 9.58. The van der Waals surface area contributed by atoms with Crippen LogP contribution < -0.4 is 19.7 Å². The Morgan fingerprint density at radius 1 is 1.04 bits per heavy atom. The van der Waals surface area contributed by atoms with Crippen LogP contribution in [0.3, 0.4) is 0 Å². The van der Waals surface area contributed by atoms with Crippen LogP contribution in [0.5, 0.6) is 5.75 Å². The number of nitrogens with zero attached hydrogens (tertiary/aromatic N) is 1. The third-order valence-electron chi connectivity index (χ3n) is 8.31. The lowest BCUT2D eigenvalue weighted by Crippen LogP contribution is -2.59. The molecular formula is C32H30Cl2FN3O7S. The largest absolute Gasteiger partial charge is 0.478 e. The van der Waals surface area contributed by atoms with Gasteiger partial charge in [0, 0.05) is 34.9 Å². The molecule has 3 aromatic rings. The Balaban J connectivity index is 1.82. The van der Waals surface area contributed by atoms with Gasteiger partial charge in [-0.2, -0.15) is 0 Å². The van der Waals surface area contributed by atoms with E-state index in [1.165, 1.54) is 63.2 Å². The van der Waals surface area contributed by atoms with Gasteiger partial charge in [0.05, 0.1) is 18.0 Å². The number of rotatable bonds is 6. The maximum Gasteiger partial charge on any atom is 0.277 e. The van der Waals surface area contributed by atoms with Gasteiger partial charge in [-0.25, -0.2) is 22.4 Å². The minimum Gasteiger partial charge on any atom is -0.478 e. The SMILES string of the molecule is CC(=O)N1C(=O)[C@]2(c3ccc(Cl)cc31)[C@@H](c1cc(F)ccc1C)NC(=O)C[C@H]2c1cc(Cl)ccc1OC(C)(C)C(=O)NS(C)(=O)=O. The van der Waals surface area contributed by atoms with Crippen molar-refractivity contribution < 1.29 is 36.7 Å². The molecule has 0 bridgehead atoms. The number of aryl methyl sites for hydroxylation is 1. The molecule has 0 aromatic heterocycles. The zero-order chi connectivity index (χ0) is 33.9. The second-order valence-electron chi connectivity index (χ2n) is 11.9. The highest BCUT2D eigenvalue weighted by Gasteiger charge is 2.64. The third-order valence-corrected chi connectivity index (χ3v) is 9.33. The molecule has 2 aliphatic rings. The highest BCUT2D eigenvalue weighted by atomic mass is 35.5. The minimum absolute atomic E-state index is 0.0245. The number of carbonyl (C=O) groups is 4. The van der Waals surface area contributed by atoms with Crippen LogP contribution >= 0.6 is 23.2 Å². The Bertz CT molecular complexity index is 1930. The van der Waals surface area contributed by atoms with Gasteiger partial charge in [-0.1, -0.05) is 35.3 Å². The van der Waals surface area contributed by atoms with Crippen LogP contribution in [0.2, 0.25) is 10.0 Å². The summed E-state index contributed by atoms with van der Waals surface area (Å²) in [5.41, 5.74) is -1.92. The summed E-state index contributed by atoms with van der Waals surface area (Å²) in [6.07, 6.45) is 0.515. The maximum absolute atomic E-state index is 14.9. The van der Waals surface area contributed by atoms with Gasteiger partial charge >= 0.3 is 0 Å². The van der Waals surface area contributed by atoms with Gasteiger partial charge in [0.2, 0.25) is 27.7 Å². The standard InChI is InChI=1S/C32H30Cl2FN3O7S/c1-16-6-9-20(35)14-21(16)28-32(23-10-7-19(34)13-25(23)38(17(2)39)30(32)42)24(15-27(40)36-28)22-12-18(33)8-11-26(22)45-31(3,4)29(41)37-46(5,43)44/h6-14,24,28H,15H2,1-5H3,(H,36,40)(H,37,41)/t24-,28+,32-/m0/s1. The van der Waals surface area contributed by atoms with Crippen molar-refractivity contribution in [3.8, 4) is 5.75 Å². The summed E-state index contributed by atoms with van der Waals surface area (Å²) in [6, 6.07) is 11.8. The summed E-state index contributed by atoms with van der Waals surface area (Å²) in [5, 5.41) is 3.35. The first kappa shape index (κ1) is 33.4. The van der Waals surface area contributed by atoms with E-state index in [1.54, 1.807) is 19.1 Å². The first-order valence-electron chi connectivity index (χ1n) is 14.1. The normalized spacial score (nSPS) is 21.2. The molecule has 4 amide bonds. The number of anilines is 1. The Morgan fingerprint density at radius 3 is 2.35 bits per heavy atom. The molecule has 46 heavy (non-hydrogen) atoms. The van der Waals surface area contributed by atoms with Crippen molar-refractivity contribution in [2.24, 2.45) is 0 Å². The number of carbonyl (C=O) groups excluding carboxylic acids is 4. The Labute approximate surface area is 275 Å². The first-order valence-corrected chi connectivity index (χ1v) is 16.7. The summed E-state index contributed by atoms with van der Waals surface area (Å²) in [6.45, 7) is 5.63. The number of piperidine rings is 1. The van der Waals surface area contributed by atoms with Gasteiger partial charge in [-0.3, -0.25) is 19.2 Å². The van der Waals surface area contributed by atoms with Crippen LogP contribution in [0.25, 0.3) is 0 Å². The Kier molecular flexibility index (Phi) is 8.46. The summed E-state index contributed by atoms with van der Waals surface area (Å²) >= 11 is 12.8. The van der Waals surface area contributed by atoms with Gasteiger partial charge in [-0.05, 0) is 79.9 Å². The highest BCUT2D eigenvalue weighted by Crippen LogP contribution is 2.60. The van der Waals surface area contributed by atoms with E-state index in [4.69, 9.17) is 27.9 Å². The number of sulfonamides is 1. The molecule has 14 heteroatoms. The number of hydrogen-bond donors (Lipinski definition) is 2. The average Bonchev–Trinajstić information content (AvgIpc) is 3.19. The fraction of sp³-hybridized carbons (Fsp3) is 0.312. The number of nitrogens with one attached hydrogen (secondary N) is 2. The first-order chi connectivity index (χ1) is 21.4. The summed E-state index contributed by atoms with van der Waals surface area (Å²) in [5.74, 6) is -4.46. The molecular weight excluding hydrogens is 660 g/mol. The molecule has 0 saturated carbocycles. The van der Waals surface area contributed by atoms with Crippen molar-refractivity contribution in [3.63, 3.8) is 0 Å². The average molecular weight is 691 g/mol. The van der Waals surface area contributed by atoms with Crippen LogP contribution in [0, 0.1) is 12.7 Å². The van der Waals surface area contributed by atoms with Crippen molar-refractivity contribution in [2.75, 3.05) is 11.2 Å². The van der Waals surface area contributed by atoms with E-state index < -0.39 is 62.4 Å². The van der Waals surface area contributed by atoms with Gasteiger partial charge in [-0.15, -0.1) is 0 Å². The molecule has 1 fully saturated rings. The smallest absolute Gasteiger partial charge is 0.277 e. The fourth-order valence-corrected chi connectivity index (χ4v) is 7.29. The van der Waals surface area contributed by atoms with Gasteiger partial charge in [0.25, 0.3) is 5.91 Å². The molecule has 2 heterocycles. The number of amides is 4. The molecule has 2 aliphatic heterocycles. The van der Waals surface area contributed by atoms with E-state index >= 15 is 0 Å². The number of halogens is 3. The highest BCUT2D eigenvalue weighted by molar-refractivity contribution is 7.89. The molecule has 0 radical (unpaired) electrons. The van der Waals surface area contributed by atoms with Crippen molar-refractivity contribution in [1.82, 2.24) is 10.0 Å². The van der Waals surface area contributed by atoms with E-state index in [1.807, 2.05) is 4.72 Å². The van der Waals surface area contributed by atoms with E-state index in [0.717, 1.165) is 11.2 Å². The molecule has 0 unspecified atom stereocenters. The van der Waals surface area contributed by atoms with E-state index in [9.17, 15) is 32.0 Å². The lowest BCUT2D eigenvalue weighted by Gasteiger charge is -2.47. The van der Waals surface area contributed by atoms with Crippen LogP contribution in [0.4, 0.5) is 10.1 Å². The predicted octanol–water partition coefficient (Wildman–Crippen LogP) is 4.85. The summed E-state index contributed by atoms with van der Waals surface area (Å²) in [4.78, 5) is 55.6. The molecule has 3 aromatic carbocycles. The van der Waals surface area contributed by atoms with Crippen molar-refractivity contribution in [3.05, 3.63) is 92.7 Å². The lowest BCUT2D eigenvalue weighted by molar-refractivity contribution is -0.135. The zero-order valence-corrected chi connectivity index (χ0v) is 27.7. The van der Waals surface area contributed by atoms with Crippen molar-refractivity contribution in [2.45, 2.75) is 57.1 Å². The minimum atomic E-state index is -3.94. The molecule has 1 saturated heterocycles. The Morgan fingerprint density at radius 2 is 1.70 bits per heavy atom. The quantitative estimate of drug-likeness (QED) is 0.377. The Hall–Kier alpha value is -4.00. The number of fused-ring (bicyclic) bond motifs is 2. The third kappa shape index (κ3) is 5.73. The van der Waals surface area contributed by atoms with Crippen LogP contribution in [0.15, 0.2) is 54.6 Å². The summed E-state index contributed by atoms with van der Waals surface area (Å²) in [7, 11) is -3.94. The second kappa shape index (κ2) is 11.7. The van der Waals surface area contributed by atoms with E-state index in [-0.39, 0.29) is 33.5 Å². The molecule has 1 spiro atoms. The van der Waals surface area contributed by atoms with Crippen molar-refractivity contribution >= 4 is 62.5 Å². The second-order valence-corrected chi connectivity index (χ2v) is 14.6. The van der Waals surface area contributed by atoms with E-state index in [0.29, 0.717) is 16.7 Å². The fourth-order valence-electron chi connectivity index (χ4n) is 6.36. The topological polar surface area (TPSA) is 139 Å². The molecule has 3 atom stereocenters. The number of ether oxygens (including phenoxy) is 1. The van der Waals surface area contributed by atoms with Crippen LogP contribution in [0.1, 0.15) is 61.4 Å². The number of benzene rings is 3. The van der Waals surface area contributed by atoms with Gasteiger partial charge in [0.1, 0.15) is 17.0 Å². The number of hydrogen-bond acceptors (Lipinski definition) is 7. The van der Waals surface area contributed by atoms with Crippen LogP contribution in [-0.2, 0) is 34.6 Å². The predicted molar refractivity (Wildman–Crippen MR) is 170 cm³/mol. The summed E-state index contributed by atoms with van der Waals surface area (Å²) < 4.78 is 46.6. The van der Waals surface area contributed by atoms with Gasteiger partial charge < -0.3 is 10.1 Å². The van der Waals surface area contributed by atoms with E-state index in [2.05, 4.69) is 5.32 Å². The van der Waals surface area contributed by atoms with Gasteiger partial charge in [0.15, 0.2) is 5.60 Å². The molecule has 242 valence electrons.